The highest BCUT2D eigenvalue weighted by molar-refractivity contribution is 5.99. The van der Waals surface area contributed by atoms with Gasteiger partial charge >= 0.3 is 5.97 Å². The minimum atomic E-state index is -1.10. The lowest BCUT2D eigenvalue weighted by atomic mass is 10.2. The fourth-order valence-electron chi connectivity index (χ4n) is 2.55. The molecular formula is C19H16F2N2O5. The van der Waals surface area contributed by atoms with E-state index in [1.165, 1.54) is 26.4 Å². The lowest BCUT2D eigenvalue weighted by Gasteiger charge is -2.06. The van der Waals surface area contributed by atoms with Crippen LogP contribution in [-0.4, -0.2) is 37.7 Å². The van der Waals surface area contributed by atoms with Crippen LogP contribution in [0.3, 0.4) is 0 Å². The van der Waals surface area contributed by atoms with Crippen LogP contribution in [0.5, 0.6) is 11.5 Å². The number of fused-ring (bicyclic) bond motifs is 1. The van der Waals surface area contributed by atoms with Gasteiger partial charge in [-0.2, -0.15) is 0 Å². The Hall–Kier alpha value is -3.62. The van der Waals surface area contributed by atoms with Crippen LogP contribution < -0.4 is 14.8 Å². The van der Waals surface area contributed by atoms with Gasteiger partial charge in [-0.1, -0.05) is 0 Å². The van der Waals surface area contributed by atoms with Crippen LogP contribution in [0.25, 0.3) is 10.9 Å². The van der Waals surface area contributed by atoms with Crippen LogP contribution in [0, 0.1) is 11.6 Å². The molecule has 0 atom stereocenters. The first-order valence-corrected chi connectivity index (χ1v) is 8.08. The van der Waals surface area contributed by atoms with Gasteiger partial charge in [-0.3, -0.25) is 4.79 Å². The second kappa shape index (κ2) is 7.95. The number of carbonyl (C=O) groups is 2. The Balaban J connectivity index is 1.67. The summed E-state index contributed by atoms with van der Waals surface area (Å²) in [5.74, 6) is -2.57. The molecule has 0 aliphatic carbocycles. The summed E-state index contributed by atoms with van der Waals surface area (Å²) >= 11 is 0. The Labute approximate surface area is 158 Å². The Morgan fingerprint density at radius 2 is 1.82 bits per heavy atom. The van der Waals surface area contributed by atoms with E-state index in [2.05, 4.69) is 10.3 Å². The number of esters is 1. The smallest absolute Gasteiger partial charge is 0.355 e. The molecule has 1 amide bonds. The molecule has 0 spiro atoms. The number of halogens is 2. The quantitative estimate of drug-likeness (QED) is 0.631. The number of carbonyl (C=O) groups excluding carboxylic acids is 2. The van der Waals surface area contributed by atoms with Crippen molar-refractivity contribution in [3.05, 3.63) is 53.7 Å². The van der Waals surface area contributed by atoms with E-state index in [1.54, 1.807) is 12.1 Å². The summed E-state index contributed by atoms with van der Waals surface area (Å²) in [6.07, 6.45) is 0. The highest BCUT2D eigenvalue weighted by Gasteiger charge is 2.16. The van der Waals surface area contributed by atoms with Crippen molar-refractivity contribution in [1.82, 2.24) is 4.98 Å². The van der Waals surface area contributed by atoms with Gasteiger partial charge < -0.3 is 24.5 Å². The fourth-order valence-corrected chi connectivity index (χ4v) is 2.55. The highest BCUT2D eigenvalue weighted by Crippen LogP contribution is 2.31. The molecule has 0 saturated heterocycles. The Morgan fingerprint density at radius 1 is 1.04 bits per heavy atom. The fraction of sp³-hybridized carbons (Fsp3) is 0.158. The molecule has 2 aromatic carbocycles. The van der Waals surface area contributed by atoms with E-state index in [0.717, 1.165) is 12.1 Å². The van der Waals surface area contributed by atoms with Crippen molar-refractivity contribution < 1.29 is 32.6 Å². The average Bonchev–Trinajstić information content (AvgIpc) is 3.12. The number of H-pyrrole nitrogens is 1. The number of ether oxygens (including phenoxy) is 3. The number of anilines is 1. The number of hydrogen-bond donors (Lipinski definition) is 2. The van der Waals surface area contributed by atoms with Crippen molar-refractivity contribution in [1.29, 1.82) is 0 Å². The Morgan fingerprint density at radius 3 is 2.50 bits per heavy atom. The second-order valence-corrected chi connectivity index (χ2v) is 5.73. The molecule has 0 aliphatic heterocycles. The third-order valence-corrected chi connectivity index (χ3v) is 3.88. The van der Waals surface area contributed by atoms with E-state index in [1.807, 2.05) is 0 Å². The van der Waals surface area contributed by atoms with E-state index < -0.39 is 30.1 Å². The van der Waals surface area contributed by atoms with Gasteiger partial charge in [-0.25, -0.2) is 13.6 Å². The number of benzene rings is 2. The molecule has 3 aromatic rings. The maximum Gasteiger partial charge on any atom is 0.355 e. The Kier molecular flexibility index (Phi) is 5.44. The molecule has 1 aromatic heterocycles. The zero-order valence-electron chi connectivity index (χ0n) is 15.0. The van der Waals surface area contributed by atoms with Crippen LogP contribution in [0.15, 0.2) is 36.4 Å². The van der Waals surface area contributed by atoms with Gasteiger partial charge in [0.15, 0.2) is 18.2 Å². The molecule has 1 heterocycles. The Bertz CT molecular complexity index is 1050. The summed E-state index contributed by atoms with van der Waals surface area (Å²) in [6.45, 7) is -0.604. The lowest BCUT2D eigenvalue weighted by molar-refractivity contribution is -0.119. The van der Waals surface area contributed by atoms with E-state index in [4.69, 9.17) is 14.2 Å². The zero-order valence-corrected chi connectivity index (χ0v) is 15.0. The van der Waals surface area contributed by atoms with Crippen LogP contribution in [-0.2, 0) is 9.53 Å². The SMILES string of the molecule is COc1cc(OC)c2[nH]c(C(=O)OCC(=O)Nc3ccc(F)c(F)c3)cc2c1. The molecule has 0 unspecified atom stereocenters. The molecule has 0 bridgehead atoms. The van der Waals surface area contributed by atoms with Crippen LogP contribution in [0.4, 0.5) is 14.5 Å². The summed E-state index contributed by atoms with van der Waals surface area (Å²) in [5, 5.41) is 2.97. The van der Waals surface area contributed by atoms with E-state index in [-0.39, 0.29) is 11.4 Å². The third kappa shape index (κ3) is 4.03. The topological polar surface area (TPSA) is 89.7 Å². The van der Waals surface area contributed by atoms with Crippen LogP contribution in [0.2, 0.25) is 0 Å². The van der Waals surface area contributed by atoms with E-state index in [9.17, 15) is 18.4 Å². The third-order valence-electron chi connectivity index (χ3n) is 3.88. The first kappa shape index (κ1) is 19.2. The molecule has 7 nitrogen and oxygen atoms in total. The zero-order chi connectivity index (χ0) is 20.3. The lowest BCUT2D eigenvalue weighted by Crippen LogP contribution is -2.21. The summed E-state index contributed by atoms with van der Waals surface area (Å²) in [5.41, 5.74) is 0.728. The number of aromatic amines is 1. The van der Waals surface area contributed by atoms with Crippen molar-refractivity contribution in [3.63, 3.8) is 0 Å². The van der Waals surface area contributed by atoms with Crippen molar-refractivity contribution in [2.24, 2.45) is 0 Å². The molecule has 0 saturated carbocycles. The largest absolute Gasteiger partial charge is 0.497 e. The average molecular weight is 390 g/mol. The van der Waals surface area contributed by atoms with Gasteiger partial charge in [0, 0.05) is 23.2 Å². The molecule has 2 N–H and O–H groups in total. The minimum absolute atomic E-state index is 0.0439. The molecule has 0 fully saturated rings. The molecule has 9 heteroatoms. The monoisotopic (exact) mass is 390 g/mol. The summed E-state index contributed by atoms with van der Waals surface area (Å²) < 4.78 is 41.4. The van der Waals surface area contributed by atoms with Crippen LogP contribution >= 0.6 is 0 Å². The maximum absolute atomic E-state index is 13.1. The summed E-state index contributed by atoms with van der Waals surface area (Å²) in [4.78, 5) is 26.9. The van der Waals surface area contributed by atoms with Crippen LogP contribution in [0.1, 0.15) is 10.5 Å². The summed E-state index contributed by atoms with van der Waals surface area (Å²) in [7, 11) is 2.99. The molecule has 146 valence electrons. The first-order valence-electron chi connectivity index (χ1n) is 8.08. The number of aromatic nitrogens is 1. The number of hydrogen-bond acceptors (Lipinski definition) is 5. The van der Waals surface area contributed by atoms with Crippen molar-refractivity contribution >= 4 is 28.5 Å². The standard InChI is InChI=1S/C19H16F2N2O5/c1-26-12-5-10-6-15(23-18(10)16(8-12)27-2)19(25)28-9-17(24)22-11-3-4-13(20)14(21)7-11/h3-8,23H,9H2,1-2H3,(H,22,24). The minimum Gasteiger partial charge on any atom is -0.497 e. The molecule has 3 rings (SSSR count). The van der Waals surface area contributed by atoms with E-state index >= 15 is 0 Å². The number of rotatable bonds is 6. The first-order chi connectivity index (χ1) is 13.4. The molecule has 0 radical (unpaired) electrons. The molecular weight excluding hydrogens is 374 g/mol. The van der Waals surface area contributed by atoms with Crippen molar-refractivity contribution in [2.45, 2.75) is 0 Å². The predicted octanol–water partition coefficient (Wildman–Crippen LogP) is 3.26. The summed E-state index contributed by atoms with van der Waals surface area (Å²) in [6, 6.07) is 7.80. The van der Waals surface area contributed by atoms with Gasteiger partial charge in [-0.15, -0.1) is 0 Å². The molecule has 0 aliphatic rings. The number of methoxy groups -OCH3 is 2. The highest BCUT2D eigenvalue weighted by atomic mass is 19.2. The van der Waals surface area contributed by atoms with Gasteiger partial charge in [0.1, 0.15) is 17.2 Å². The number of nitrogens with one attached hydrogen (secondary N) is 2. The van der Waals surface area contributed by atoms with E-state index in [0.29, 0.717) is 22.4 Å². The normalized spacial score (nSPS) is 10.6. The van der Waals surface area contributed by atoms with Gasteiger partial charge in [-0.05, 0) is 24.3 Å². The van der Waals surface area contributed by atoms with Gasteiger partial charge in [0.05, 0.1) is 19.7 Å². The predicted molar refractivity (Wildman–Crippen MR) is 96.7 cm³/mol. The van der Waals surface area contributed by atoms with Crippen molar-refractivity contribution in [3.8, 4) is 11.5 Å². The van der Waals surface area contributed by atoms with Gasteiger partial charge in [0.2, 0.25) is 0 Å². The number of amides is 1. The van der Waals surface area contributed by atoms with Gasteiger partial charge in [0.25, 0.3) is 5.91 Å². The maximum atomic E-state index is 13.1. The molecule has 28 heavy (non-hydrogen) atoms. The second-order valence-electron chi connectivity index (χ2n) is 5.73. The van der Waals surface area contributed by atoms with Crippen molar-refractivity contribution in [2.75, 3.05) is 26.1 Å².